The molecule has 1 fully saturated rings. The molecule has 0 saturated carbocycles. The first-order valence-electron chi connectivity index (χ1n) is 8.09. The van der Waals surface area contributed by atoms with Gasteiger partial charge in [-0.25, -0.2) is 12.8 Å². The van der Waals surface area contributed by atoms with E-state index < -0.39 is 10.0 Å². The summed E-state index contributed by atoms with van der Waals surface area (Å²) in [5.74, 6) is -0.625. The number of piperazine rings is 1. The smallest absolute Gasteiger partial charge is 0.243 e. The van der Waals surface area contributed by atoms with Gasteiger partial charge >= 0.3 is 0 Å². The number of nitrogens with zero attached hydrogens (tertiary/aromatic N) is 1. The molecule has 1 aliphatic heterocycles. The third-order valence-electron chi connectivity index (χ3n) is 4.45. The second-order valence-corrected chi connectivity index (χ2v) is 8.04. The standard InChI is InChI=1S/C18H16FN3O3S/c19-13-3-6-15-16(10-21-17(15)9-13)12-1-4-14(5-2-12)26(24,25)22-8-7-20-18(23)11-22/h1-6,9-10,21H,7-8,11H2,(H,20,23). The largest absolute Gasteiger partial charge is 0.360 e. The van der Waals surface area contributed by atoms with Crippen molar-refractivity contribution in [2.24, 2.45) is 0 Å². The number of fused-ring (bicyclic) bond motifs is 1. The Morgan fingerprint density at radius 2 is 1.85 bits per heavy atom. The highest BCUT2D eigenvalue weighted by atomic mass is 32.2. The number of sulfonamides is 1. The zero-order valence-corrected chi connectivity index (χ0v) is 14.5. The SMILES string of the molecule is O=C1CN(S(=O)(=O)c2ccc(-c3c[nH]c4cc(F)ccc34)cc2)CCN1. The van der Waals surface area contributed by atoms with Crippen LogP contribution in [-0.4, -0.2) is 43.2 Å². The van der Waals surface area contributed by atoms with Crippen LogP contribution < -0.4 is 5.32 Å². The Bertz CT molecular complexity index is 1090. The van der Waals surface area contributed by atoms with Crippen LogP contribution in [0.2, 0.25) is 0 Å². The van der Waals surface area contributed by atoms with Gasteiger partial charge in [-0.3, -0.25) is 4.79 Å². The summed E-state index contributed by atoms with van der Waals surface area (Å²) in [6.07, 6.45) is 1.77. The molecule has 1 saturated heterocycles. The molecule has 0 unspecified atom stereocenters. The number of aromatic amines is 1. The van der Waals surface area contributed by atoms with Crippen LogP contribution in [0.25, 0.3) is 22.0 Å². The fraction of sp³-hybridized carbons (Fsp3) is 0.167. The fourth-order valence-electron chi connectivity index (χ4n) is 3.11. The van der Waals surface area contributed by atoms with Gasteiger partial charge in [-0.2, -0.15) is 4.31 Å². The maximum atomic E-state index is 13.3. The monoisotopic (exact) mass is 373 g/mol. The van der Waals surface area contributed by atoms with Crippen LogP contribution in [0.15, 0.2) is 53.6 Å². The minimum absolute atomic E-state index is 0.141. The van der Waals surface area contributed by atoms with Crippen molar-refractivity contribution in [3.8, 4) is 11.1 Å². The molecule has 4 rings (SSSR count). The van der Waals surface area contributed by atoms with Crippen molar-refractivity contribution in [2.75, 3.05) is 19.6 Å². The van der Waals surface area contributed by atoms with Gasteiger partial charge in [-0.1, -0.05) is 12.1 Å². The van der Waals surface area contributed by atoms with Crippen molar-refractivity contribution in [3.63, 3.8) is 0 Å². The van der Waals surface area contributed by atoms with Gasteiger partial charge in [0.2, 0.25) is 15.9 Å². The fourth-order valence-corrected chi connectivity index (χ4v) is 4.51. The zero-order chi connectivity index (χ0) is 18.3. The third kappa shape index (κ3) is 2.87. The summed E-state index contributed by atoms with van der Waals surface area (Å²) in [5.41, 5.74) is 2.36. The van der Waals surface area contributed by atoms with Crippen LogP contribution >= 0.6 is 0 Å². The van der Waals surface area contributed by atoms with Gasteiger partial charge in [0.1, 0.15) is 5.82 Å². The van der Waals surface area contributed by atoms with Crippen molar-refractivity contribution in [1.82, 2.24) is 14.6 Å². The minimum Gasteiger partial charge on any atom is -0.360 e. The average Bonchev–Trinajstić information content (AvgIpc) is 3.05. The van der Waals surface area contributed by atoms with Crippen LogP contribution in [0, 0.1) is 5.82 Å². The third-order valence-corrected chi connectivity index (χ3v) is 6.31. The van der Waals surface area contributed by atoms with Crippen molar-refractivity contribution >= 4 is 26.8 Å². The normalized spacial score (nSPS) is 16.0. The van der Waals surface area contributed by atoms with Crippen LogP contribution in [0.3, 0.4) is 0 Å². The number of aromatic nitrogens is 1. The van der Waals surface area contributed by atoms with Crippen LogP contribution in [0.1, 0.15) is 0 Å². The summed E-state index contributed by atoms with van der Waals surface area (Å²) in [6.45, 7) is 0.393. The number of nitrogens with one attached hydrogen (secondary N) is 2. The van der Waals surface area contributed by atoms with Gasteiger partial charge in [0.05, 0.1) is 11.4 Å². The molecule has 2 aromatic carbocycles. The van der Waals surface area contributed by atoms with Gasteiger partial charge in [-0.05, 0) is 35.9 Å². The Kier molecular flexibility index (Phi) is 4.01. The lowest BCUT2D eigenvalue weighted by Gasteiger charge is -2.25. The molecule has 26 heavy (non-hydrogen) atoms. The molecule has 1 aromatic heterocycles. The van der Waals surface area contributed by atoms with E-state index in [1.807, 2.05) is 0 Å². The van der Waals surface area contributed by atoms with E-state index in [0.717, 1.165) is 16.5 Å². The number of benzene rings is 2. The van der Waals surface area contributed by atoms with Crippen LogP contribution in [-0.2, 0) is 14.8 Å². The van der Waals surface area contributed by atoms with Crippen molar-refractivity contribution in [2.45, 2.75) is 4.90 Å². The maximum Gasteiger partial charge on any atom is 0.243 e. The summed E-state index contributed by atoms with van der Waals surface area (Å²) < 4.78 is 39.8. The van der Waals surface area contributed by atoms with Crippen molar-refractivity contribution in [1.29, 1.82) is 0 Å². The molecule has 0 bridgehead atoms. The zero-order valence-electron chi connectivity index (χ0n) is 13.7. The minimum atomic E-state index is -3.71. The van der Waals surface area contributed by atoms with E-state index in [2.05, 4.69) is 10.3 Å². The molecule has 1 amide bonds. The van der Waals surface area contributed by atoms with Gasteiger partial charge in [0, 0.05) is 35.8 Å². The number of amides is 1. The lowest BCUT2D eigenvalue weighted by molar-refractivity contribution is -0.122. The number of hydrogen-bond acceptors (Lipinski definition) is 3. The molecule has 6 nitrogen and oxygen atoms in total. The highest BCUT2D eigenvalue weighted by molar-refractivity contribution is 7.89. The molecule has 134 valence electrons. The highest BCUT2D eigenvalue weighted by Gasteiger charge is 2.29. The molecular formula is C18H16FN3O3S. The Labute approximate surface area is 149 Å². The van der Waals surface area contributed by atoms with Gasteiger partial charge < -0.3 is 10.3 Å². The summed E-state index contributed by atoms with van der Waals surface area (Å²) in [4.78, 5) is 14.6. The van der Waals surface area contributed by atoms with Gasteiger partial charge in [0.15, 0.2) is 0 Å². The van der Waals surface area contributed by atoms with Crippen LogP contribution in [0.5, 0.6) is 0 Å². The summed E-state index contributed by atoms with van der Waals surface area (Å²) in [5, 5.41) is 3.47. The molecule has 2 N–H and O–H groups in total. The van der Waals surface area contributed by atoms with Gasteiger partial charge in [-0.15, -0.1) is 0 Å². The molecular weight excluding hydrogens is 357 g/mol. The second kappa shape index (κ2) is 6.22. The predicted molar refractivity (Wildman–Crippen MR) is 95.5 cm³/mol. The first-order valence-corrected chi connectivity index (χ1v) is 9.53. The van der Waals surface area contributed by atoms with Crippen LogP contribution in [0.4, 0.5) is 4.39 Å². The first kappa shape index (κ1) is 16.7. The van der Waals surface area contributed by atoms with Crippen molar-refractivity contribution < 1.29 is 17.6 Å². The Balaban J connectivity index is 1.67. The van der Waals surface area contributed by atoms with E-state index in [9.17, 15) is 17.6 Å². The lowest BCUT2D eigenvalue weighted by Crippen LogP contribution is -2.49. The number of carbonyl (C=O) groups excluding carboxylic acids is 1. The molecule has 8 heteroatoms. The van der Waals surface area contributed by atoms with E-state index in [0.29, 0.717) is 12.1 Å². The maximum absolute atomic E-state index is 13.3. The summed E-state index contributed by atoms with van der Waals surface area (Å²) in [6, 6.07) is 11.0. The van der Waals surface area contributed by atoms with E-state index in [1.54, 1.807) is 24.4 Å². The number of rotatable bonds is 3. The summed E-state index contributed by atoms with van der Waals surface area (Å²) in [7, 11) is -3.71. The van der Waals surface area contributed by atoms with E-state index in [4.69, 9.17) is 0 Å². The summed E-state index contributed by atoms with van der Waals surface area (Å²) >= 11 is 0. The molecule has 0 radical (unpaired) electrons. The predicted octanol–water partition coefficient (Wildman–Crippen LogP) is 2.09. The topological polar surface area (TPSA) is 82.3 Å². The lowest BCUT2D eigenvalue weighted by atomic mass is 10.1. The Morgan fingerprint density at radius 1 is 1.08 bits per heavy atom. The second-order valence-electron chi connectivity index (χ2n) is 6.11. The average molecular weight is 373 g/mol. The molecule has 1 aliphatic rings. The molecule has 0 aliphatic carbocycles. The molecule has 3 aromatic rings. The van der Waals surface area contributed by atoms with Crippen molar-refractivity contribution in [3.05, 3.63) is 54.5 Å². The molecule has 0 spiro atoms. The highest BCUT2D eigenvalue weighted by Crippen LogP contribution is 2.30. The Hall–Kier alpha value is -2.71. The molecule has 2 heterocycles. The number of H-pyrrole nitrogens is 1. The van der Waals surface area contributed by atoms with E-state index >= 15 is 0 Å². The first-order chi connectivity index (χ1) is 12.4. The van der Waals surface area contributed by atoms with E-state index in [1.165, 1.54) is 28.6 Å². The quantitative estimate of drug-likeness (QED) is 0.738. The van der Waals surface area contributed by atoms with Gasteiger partial charge in [0.25, 0.3) is 0 Å². The number of halogens is 1. The molecule has 0 atom stereocenters. The van der Waals surface area contributed by atoms with E-state index in [-0.39, 0.29) is 29.7 Å². The number of carbonyl (C=O) groups is 1. The number of hydrogen-bond donors (Lipinski definition) is 2. The Morgan fingerprint density at radius 3 is 2.58 bits per heavy atom.